The topological polar surface area (TPSA) is 67.9 Å². The molecular formula is C27H29ClN2O4. The normalized spacial score (nSPS) is 11.4. The fourth-order valence-electron chi connectivity index (χ4n) is 3.59. The Labute approximate surface area is 205 Å². The lowest BCUT2D eigenvalue weighted by Crippen LogP contribution is -2.51. The number of amides is 2. The highest BCUT2D eigenvalue weighted by Crippen LogP contribution is 2.26. The summed E-state index contributed by atoms with van der Waals surface area (Å²) in [5, 5.41) is 3.48. The molecule has 0 unspecified atom stereocenters. The zero-order chi connectivity index (χ0) is 24.3. The first-order valence-corrected chi connectivity index (χ1v) is 11.5. The molecule has 2 amide bonds. The quantitative estimate of drug-likeness (QED) is 0.438. The predicted octanol–water partition coefficient (Wildman–Crippen LogP) is 4.50. The van der Waals surface area contributed by atoms with Crippen LogP contribution in [-0.4, -0.2) is 43.0 Å². The molecule has 7 heteroatoms. The van der Waals surface area contributed by atoms with Crippen molar-refractivity contribution in [2.45, 2.75) is 25.9 Å². The Morgan fingerprint density at radius 1 is 0.912 bits per heavy atom. The van der Waals surface area contributed by atoms with E-state index in [2.05, 4.69) is 5.32 Å². The van der Waals surface area contributed by atoms with Gasteiger partial charge in [0, 0.05) is 24.5 Å². The van der Waals surface area contributed by atoms with Gasteiger partial charge in [0.25, 0.3) is 5.91 Å². The molecule has 0 bridgehead atoms. The minimum atomic E-state index is -0.716. The van der Waals surface area contributed by atoms with Crippen LogP contribution >= 0.6 is 11.6 Å². The molecule has 3 aromatic carbocycles. The molecule has 0 saturated carbocycles. The zero-order valence-electron chi connectivity index (χ0n) is 19.4. The summed E-state index contributed by atoms with van der Waals surface area (Å²) in [5.41, 5.74) is 1.82. The number of rotatable bonds is 11. The minimum absolute atomic E-state index is 0.217. The second-order valence-corrected chi connectivity index (χ2v) is 8.12. The highest BCUT2D eigenvalue weighted by Gasteiger charge is 2.30. The van der Waals surface area contributed by atoms with Crippen molar-refractivity contribution < 1.29 is 19.1 Å². The summed E-state index contributed by atoms with van der Waals surface area (Å²) < 4.78 is 11.1. The van der Waals surface area contributed by atoms with Crippen molar-refractivity contribution in [2.24, 2.45) is 0 Å². The van der Waals surface area contributed by atoms with Gasteiger partial charge < -0.3 is 19.7 Å². The van der Waals surface area contributed by atoms with E-state index in [4.69, 9.17) is 21.1 Å². The lowest BCUT2D eigenvalue weighted by atomic mass is 10.0. The van der Waals surface area contributed by atoms with E-state index in [1.54, 1.807) is 42.3 Å². The van der Waals surface area contributed by atoms with Gasteiger partial charge in [-0.1, -0.05) is 66.2 Å². The van der Waals surface area contributed by atoms with E-state index in [1.165, 1.54) is 0 Å². The van der Waals surface area contributed by atoms with Crippen LogP contribution in [-0.2, 0) is 22.6 Å². The first-order valence-electron chi connectivity index (χ1n) is 11.1. The van der Waals surface area contributed by atoms with Gasteiger partial charge in [-0.05, 0) is 42.3 Å². The molecule has 0 saturated heterocycles. The van der Waals surface area contributed by atoms with Gasteiger partial charge in [-0.15, -0.1) is 0 Å². The lowest BCUT2D eigenvalue weighted by Gasteiger charge is -2.31. The highest BCUT2D eigenvalue weighted by molar-refractivity contribution is 6.30. The molecule has 0 fully saturated rings. The summed E-state index contributed by atoms with van der Waals surface area (Å²) in [6, 6.07) is 23.3. The Balaban J connectivity index is 1.89. The lowest BCUT2D eigenvalue weighted by molar-refractivity contribution is -0.142. The van der Waals surface area contributed by atoms with Crippen molar-refractivity contribution in [1.29, 1.82) is 0 Å². The number of benzene rings is 3. The van der Waals surface area contributed by atoms with Crippen LogP contribution < -0.4 is 14.8 Å². The summed E-state index contributed by atoms with van der Waals surface area (Å²) in [5.74, 6) is 0.463. The molecule has 0 aliphatic carbocycles. The monoisotopic (exact) mass is 480 g/mol. The highest BCUT2D eigenvalue weighted by atomic mass is 35.5. The molecule has 1 N–H and O–H groups in total. The van der Waals surface area contributed by atoms with Gasteiger partial charge in [-0.2, -0.15) is 0 Å². The average Bonchev–Trinajstić information content (AvgIpc) is 2.86. The van der Waals surface area contributed by atoms with Crippen molar-refractivity contribution in [1.82, 2.24) is 10.2 Å². The number of nitrogens with zero attached hydrogens (tertiary/aromatic N) is 1. The molecule has 0 radical (unpaired) electrons. The molecule has 0 aliphatic rings. The molecule has 1 atom stereocenters. The Morgan fingerprint density at radius 2 is 1.56 bits per heavy atom. The second-order valence-electron chi connectivity index (χ2n) is 7.69. The maximum Gasteiger partial charge on any atom is 0.261 e. The summed E-state index contributed by atoms with van der Waals surface area (Å²) in [7, 11) is 1.54. The maximum absolute atomic E-state index is 13.5. The molecule has 34 heavy (non-hydrogen) atoms. The Hall–Kier alpha value is -3.51. The largest absolute Gasteiger partial charge is 0.493 e. The van der Waals surface area contributed by atoms with Crippen LogP contribution in [0.25, 0.3) is 0 Å². The van der Waals surface area contributed by atoms with Crippen LogP contribution in [0.15, 0.2) is 78.9 Å². The van der Waals surface area contributed by atoms with Crippen molar-refractivity contribution in [3.05, 3.63) is 95.0 Å². The molecule has 3 aromatic rings. The number of hydrogen-bond acceptors (Lipinski definition) is 4. The first kappa shape index (κ1) is 25.1. The number of ether oxygens (including phenoxy) is 2. The van der Waals surface area contributed by atoms with Gasteiger partial charge in [0.15, 0.2) is 18.1 Å². The second kappa shape index (κ2) is 12.7. The number of hydrogen-bond donors (Lipinski definition) is 1. The van der Waals surface area contributed by atoms with Gasteiger partial charge in [0.2, 0.25) is 5.91 Å². The maximum atomic E-state index is 13.5. The fraction of sp³-hybridized carbons (Fsp3) is 0.259. The van der Waals surface area contributed by atoms with Crippen LogP contribution in [0.2, 0.25) is 5.02 Å². The van der Waals surface area contributed by atoms with Crippen LogP contribution in [0.3, 0.4) is 0 Å². The molecule has 0 aliphatic heterocycles. The van der Waals surface area contributed by atoms with Gasteiger partial charge in [0.1, 0.15) is 6.04 Å². The predicted molar refractivity (Wildman–Crippen MR) is 133 cm³/mol. The van der Waals surface area contributed by atoms with Crippen LogP contribution in [0, 0.1) is 0 Å². The zero-order valence-corrected chi connectivity index (χ0v) is 20.1. The molecule has 0 spiro atoms. The number of carbonyl (C=O) groups is 2. The van der Waals surface area contributed by atoms with E-state index >= 15 is 0 Å². The molecular weight excluding hydrogens is 452 g/mol. The summed E-state index contributed by atoms with van der Waals surface area (Å²) in [6.07, 6.45) is 0.376. The third-order valence-corrected chi connectivity index (χ3v) is 5.56. The van der Waals surface area contributed by atoms with Gasteiger partial charge >= 0.3 is 0 Å². The number of nitrogens with one attached hydrogen (secondary N) is 1. The average molecular weight is 481 g/mol. The fourth-order valence-corrected chi connectivity index (χ4v) is 3.72. The number of para-hydroxylation sites is 2. The Bertz CT molecular complexity index is 1070. The molecule has 0 aromatic heterocycles. The third-order valence-electron chi connectivity index (χ3n) is 5.31. The van der Waals surface area contributed by atoms with Crippen LogP contribution in [0.5, 0.6) is 11.5 Å². The Morgan fingerprint density at radius 3 is 2.21 bits per heavy atom. The molecule has 0 heterocycles. The van der Waals surface area contributed by atoms with Crippen LogP contribution in [0.4, 0.5) is 0 Å². The molecule has 6 nitrogen and oxygen atoms in total. The third kappa shape index (κ3) is 6.99. The summed E-state index contributed by atoms with van der Waals surface area (Å²) in [4.78, 5) is 28.2. The van der Waals surface area contributed by atoms with E-state index in [0.29, 0.717) is 29.5 Å². The molecule has 3 rings (SSSR count). The summed E-state index contributed by atoms with van der Waals surface area (Å²) in [6.45, 7) is 2.32. The van der Waals surface area contributed by atoms with Gasteiger partial charge in [-0.3, -0.25) is 9.59 Å². The van der Waals surface area contributed by atoms with Crippen molar-refractivity contribution in [2.75, 3.05) is 20.3 Å². The standard InChI is InChI=1S/C27H29ClN2O4/c1-3-29-27(32)23(17-20-9-5-4-6-10-20)30(18-21-13-15-22(28)16-14-21)26(31)19-34-25-12-8-7-11-24(25)33-2/h4-16,23H,3,17-19H2,1-2H3,(H,29,32)/t23-/m0/s1. The minimum Gasteiger partial charge on any atom is -0.493 e. The Kier molecular flexibility index (Phi) is 9.35. The van der Waals surface area contributed by atoms with Crippen molar-refractivity contribution >= 4 is 23.4 Å². The number of halogens is 1. The summed E-state index contributed by atoms with van der Waals surface area (Å²) >= 11 is 6.04. The van der Waals surface area contributed by atoms with Crippen molar-refractivity contribution in [3.63, 3.8) is 0 Å². The number of likely N-dealkylation sites (N-methyl/N-ethyl adjacent to an activating group) is 1. The smallest absolute Gasteiger partial charge is 0.261 e. The van der Waals surface area contributed by atoms with E-state index in [9.17, 15) is 9.59 Å². The van der Waals surface area contributed by atoms with E-state index in [1.807, 2.05) is 55.5 Å². The molecule has 178 valence electrons. The van der Waals surface area contributed by atoms with E-state index in [-0.39, 0.29) is 25.0 Å². The SMILES string of the molecule is CCNC(=O)[C@H](Cc1ccccc1)N(Cc1ccc(Cl)cc1)C(=O)COc1ccccc1OC. The number of methoxy groups -OCH3 is 1. The van der Waals surface area contributed by atoms with E-state index < -0.39 is 6.04 Å². The number of carbonyl (C=O) groups excluding carboxylic acids is 2. The first-order chi connectivity index (χ1) is 16.5. The van der Waals surface area contributed by atoms with Crippen LogP contribution in [0.1, 0.15) is 18.1 Å². The van der Waals surface area contributed by atoms with Crippen molar-refractivity contribution in [3.8, 4) is 11.5 Å². The van der Waals surface area contributed by atoms with Gasteiger partial charge in [-0.25, -0.2) is 0 Å². The van der Waals surface area contributed by atoms with E-state index in [0.717, 1.165) is 11.1 Å². The van der Waals surface area contributed by atoms with Gasteiger partial charge in [0.05, 0.1) is 7.11 Å².